The third kappa shape index (κ3) is 5.87. The number of likely N-dealkylation sites (tertiary alicyclic amines) is 2. The average molecular weight is 637 g/mol. The van der Waals surface area contributed by atoms with Gasteiger partial charge in [0.2, 0.25) is 11.8 Å². The SMILES string of the molecule is CC(c1ccc2nc([C@@H]3CCCN3C(=O)Cc3ccccc3)[nH]c2c1)c1ccc2nc([C@@H]3CCCN3C(=O)Cc3ccccc3)[nH]c2c1. The van der Waals surface area contributed by atoms with Crippen LogP contribution in [-0.2, 0) is 22.4 Å². The highest BCUT2D eigenvalue weighted by atomic mass is 16.2. The number of benzene rings is 4. The summed E-state index contributed by atoms with van der Waals surface area (Å²) in [6, 6.07) is 32.7. The Morgan fingerprint density at radius 3 is 1.54 bits per heavy atom. The zero-order valence-electron chi connectivity index (χ0n) is 27.2. The molecule has 4 aromatic carbocycles. The molecule has 0 unspecified atom stereocenters. The summed E-state index contributed by atoms with van der Waals surface area (Å²) in [6.07, 6.45) is 4.60. The molecule has 6 aromatic rings. The topological polar surface area (TPSA) is 98.0 Å². The van der Waals surface area contributed by atoms with Crippen molar-refractivity contribution in [1.29, 1.82) is 0 Å². The van der Waals surface area contributed by atoms with Gasteiger partial charge >= 0.3 is 0 Å². The first-order valence-corrected chi connectivity index (χ1v) is 17.2. The molecule has 0 bridgehead atoms. The zero-order chi connectivity index (χ0) is 32.6. The van der Waals surface area contributed by atoms with Crippen LogP contribution in [0.1, 0.15) is 84.5 Å². The van der Waals surface area contributed by atoms with Crippen LogP contribution in [0.25, 0.3) is 22.1 Å². The molecule has 0 radical (unpaired) electrons. The van der Waals surface area contributed by atoms with Crippen LogP contribution in [0.5, 0.6) is 0 Å². The Morgan fingerprint density at radius 1 is 0.667 bits per heavy atom. The summed E-state index contributed by atoms with van der Waals surface area (Å²) < 4.78 is 0. The molecule has 48 heavy (non-hydrogen) atoms. The minimum atomic E-state index is -0.0316. The monoisotopic (exact) mass is 636 g/mol. The van der Waals surface area contributed by atoms with Crippen molar-refractivity contribution in [2.24, 2.45) is 0 Å². The minimum absolute atomic E-state index is 0.0316. The van der Waals surface area contributed by atoms with E-state index in [0.29, 0.717) is 12.8 Å². The van der Waals surface area contributed by atoms with Gasteiger partial charge in [0.15, 0.2) is 0 Å². The molecule has 2 aromatic heterocycles. The van der Waals surface area contributed by atoms with Crippen LogP contribution in [0.2, 0.25) is 0 Å². The van der Waals surface area contributed by atoms with E-state index in [4.69, 9.17) is 9.97 Å². The molecule has 2 N–H and O–H groups in total. The van der Waals surface area contributed by atoms with Crippen LogP contribution in [-0.4, -0.2) is 54.6 Å². The molecule has 2 aliphatic heterocycles. The largest absolute Gasteiger partial charge is 0.340 e. The van der Waals surface area contributed by atoms with Crippen molar-refractivity contribution in [1.82, 2.24) is 29.7 Å². The van der Waals surface area contributed by atoms with Crippen molar-refractivity contribution in [3.63, 3.8) is 0 Å². The molecule has 4 heterocycles. The highest BCUT2D eigenvalue weighted by molar-refractivity contribution is 5.81. The van der Waals surface area contributed by atoms with Crippen molar-refractivity contribution >= 4 is 33.9 Å². The molecule has 2 saturated heterocycles. The number of nitrogens with one attached hydrogen (secondary N) is 2. The molecule has 2 fully saturated rings. The van der Waals surface area contributed by atoms with Gasteiger partial charge in [0.05, 0.1) is 47.0 Å². The van der Waals surface area contributed by atoms with Crippen molar-refractivity contribution < 1.29 is 9.59 Å². The van der Waals surface area contributed by atoms with Crippen LogP contribution in [0.15, 0.2) is 97.1 Å². The Kier molecular flexibility index (Phi) is 8.00. The van der Waals surface area contributed by atoms with Gasteiger partial charge in [-0.15, -0.1) is 0 Å². The summed E-state index contributed by atoms with van der Waals surface area (Å²) in [5, 5.41) is 0. The number of rotatable bonds is 8. The number of amides is 2. The van der Waals surface area contributed by atoms with Crippen LogP contribution in [0.3, 0.4) is 0 Å². The number of hydrogen-bond acceptors (Lipinski definition) is 4. The molecular formula is C40H40N6O2. The molecule has 8 nitrogen and oxygen atoms in total. The first kappa shape index (κ1) is 30.1. The van der Waals surface area contributed by atoms with Gasteiger partial charge < -0.3 is 19.8 Å². The number of hydrogen-bond donors (Lipinski definition) is 2. The van der Waals surface area contributed by atoms with Gasteiger partial charge in [-0.3, -0.25) is 9.59 Å². The molecule has 2 aliphatic rings. The van der Waals surface area contributed by atoms with Crippen LogP contribution in [0, 0.1) is 0 Å². The van der Waals surface area contributed by atoms with Crippen LogP contribution in [0.4, 0.5) is 0 Å². The zero-order valence-corrected chi connectivity index (χ0v) is 27.2. The van der Waals surface area contributed by atoms with Gasteiger partial charge in [-0.1, -0.05) is 79.7 Å². The highest BCUT2D eigenvalue weighted by Crippen LogP contribution is 2.35. The van der Waals surface area contributed by atoms with E-state index >= 15 is 0 Å². The fraction of sp³-hybridized carbons (Fsp3) is 0.300. The molecule has 242 valence electrons. The maximum absolute atomic E-state index is 13.3. The van der Waals surface area contributed by atoms with E-state index < -0.39 is 0 Å². The predicted octanol–water partition coefficient (Wildman–Crippen LogP) is 7.40. The lowest BCUT2D eigenvalue weighted by molar-refractivity contribution is -0.132. The Bertz CT molecular complexity index is 1940. The number of H-pyrrole nitrogens is 2. The second-order valence-corrected chi connectivity index (χ2v) is 13.3. The molecule has 0 aliphatic carbocycles. The number of carbonyl (C=O) groups excluding carboxylic acids is 2. The summed E-state index contributed by atoms with van der Waals surface area (Å²) in [4.78, 5) is 47.5. The van der Waals surface area contributed by atoms with Gasteiger partial charge in [0.25, 0.3) is 0 Å². The number of nitrogens with zero attached hydrogens (tertiary/aromatic N) is 4. The number of aromatic nitrogens is 4. The smallest absolute Gasteiger partial charge is 0.227 e. The second-order valence-electron chi connectivity index (χ2n) is 13.3. The van der Waals surface area contributed by atoms with Crippen molar-refractivity contribution in [3.05, 3.63) is 131 Å². The van der Waals surface area contributed by atoms with Crippen molar-refractivity contribution in [3.8, 4) is 0 Å². The number of fused-ring (bicyclic) bond motifs is 2. The lowest BCUT2D eigenvalue weighted by Gasteiger charge is -2.23. The van der Waals surface area contributed by atoms with Crippen molar-refractivity contribution in [2.75, 3.05) is 13.1 Å². The normalized spacial score (nSPS) is 18.0. The molecule has 8 heteroatoms. The predicted molar refractivity (Wildman–Crippen MR) is 187 cm³/mol. The third-order valence-corrected chi connectivity index (χ3v) is 10.2. The Morgan fingerprint density at radius 2 is 1.10 bits per heavy atom. The fourth-order valence-electron chi connectivity index (χ4n) is 7.58. The van der Waals surface area contributed by atoms with Gasteiger partial charge in [0.1, 0.15) is 11.6 Å². The summed E-state index contributed by atoms with van der Waals surface area (Å²) in [5.41, 5.74) is 8.26. The van der Waals surface area contributed by atoms with E-state index in [2.05, 4.69) is 53.3 Å². The molecule has 0 saturated carbocycles. The Labute approximate surface area is 280 Å². The Balaban J connectivity index is 0.990. The lowest BCUT2D eigenvalue weighted by atomic mass is 9.92. The number of imidazole rings is 2. The van der Waals surface area contributed by atoms with Crippen LogP contribution < -0.4 is 0 Å². The minimum Gasteiger partial charge on any atom is -0.340 e. The maximum Gasteiger partial charge on any atom is 0.227 e. The molecule has 8 rings (SSSR count). The van der Waals surface area contributed by atoms with Gasteiger partial charge in [-0.05, 0) is 72.2 Å². The van der Waals surface area contributed by atoms with E-state index in [9.17, 15) is 9.59 Å². The fourth-order valence-corrected chi connectivity index (χ4v) is 7.58. The summed E-state index contributed by atoms with van der Waals surface area (Å²) >= 11 is 0. The maximum atomic E-state index is 13.3. The quantitative estimate of drug-likeness (QED) is 0.182. The molecule has 2 atom stereocenters. The molecule has 0 spiro atoms. The van der Waals surface area contributed by atoms with Crippen molar-refractivity contribution in [2.45, 2.75) is 63.5 Å². The van der Waals surface area contributed by atoms with E-state index in [-0.39, 0.29) is 29.8 Å². The van der Waals surface area contributed by atoms with Gasteiger partial charge in [-0.2, -0.15) is 0 Å². The third-order valence-electron chi connectivity index (χ3n) is 10.2. The first-order valence-electron chi connectivity index (χ1n) is 17.2. The molecular weight excluding hydrogens is 596 g/mol. The Hall–Kier alpha value is -5.24. The highest BCUT2D eigenvalue weighted by Gasteiger charge is 2.33. The van der Waals surface area contributed by atoms with Crippen LogP contribution >= 0.6 is 0 Å². The van der Waals surface area contributed by atoms with Gasteiger partial charge in [-0.25, -0.2) is 9.97 Å². The van der Waals surface area contributed by atoms with Gasteiger partial charge in [0, 0.05) is 19.0 Å². The van der Waals surface area contributed by atoms with E-state index in [1.54, 1.807) is 0 Å². The first-order chi connectivity index (χ1) is 23.5. The summed E-state index contributed by atoms with van der Waals surface area (Å²) in [6.45, 7) is 3.74. The van der Waals surface area contributed by atoms with E-state index in [1.165, 1.54) is 11.1 Å². The standard InChI is InChI=1S/C40H40N6O2/c1-26(29-16-18-31-33(24-29)43-39(41-31)35-14-8-20-45(35)37(47)22-27-10-4-2-5-11-27)30-17-19-32-34(25-30)44-40(42-32)36-15-9-21-46(36)38(48)23-28-12-6-3-7-13-28/h2-7,10-13,16-19,24-26,35-36H,8-9,14-15,20-23H2,1H3,(H,41,43)(H,42,44)/t35-,36-/m0/s1. The molecule has 2 amide bonds. The summed E-state index contributed by atoms with van der Waals surface area (Å²) in [5.74, 6) is 2.17. The van der Waals surface area contributed by atoms with E-state index in [1.807, 2.05) is 70.5 Å². The lowest BCUT2D eigenvalue weighted by Crippen LogP contribution is -2.32. The average Bonchev–Trinajstić information content (AvgIpc) is 3.93. The second kappa shape index (κ2) is 12.8. The number of aromatic amines is 2. The van der Waals surface area contributed by atoms with E-state index in [0.717, 1.165) is 83.6 Å². The summed E-state index contributed by atoms with van der Waals surface area (Å²) in [7, 11) is 0. The number of carbonyl (C=O) groups is 2.